The summed E-state index contributed by atoms with van der Waals surface area (Å²) in [5, 5.41) is 14.6. The molecule has 0 aliphatic carbocycles. The van der Waals surface area contributed by atoms with Gasteiger partial charge in [-0.1, -0.05) is 170 Å². The van der Waals surface area contributed by atoms with E-state index in [1.165, 1.54) is 11.1 Å². The quantitative estimate of drug-likeness (QED) is 0.175. The van der Waals surface area contributed by atoms with Gasteiger partial charge in [-0.25, -0.2) is 4.98 Å². The van der Waals surface area contributed by atoms with Gasteiger partial charge in [0.25, 0.3) is 0 Å². The van der Waals surface area contributed by atoms with Gasteiger partial charge in [-0.15, -0.1) is 0 Å². The van der Waals surface area contributed by atoms with E-state index in [0.717, 1.165) is 77.7 Å². The highest BCUT2D eigenvalue weighted by atomic mass is 16.3. The number of phenolic OH excluding ortho intramolecular Hbond substituents is 1. The Morgan fingerprint density at radius 2 is 1.23 bits per heavy atom. The topological polar surface area (TPSA) is 50.9 Å². The van der Waals surface area contributed by atoms with E-state index in [1.807, 2.05) is 12.3 Å². The Morgan fingerprint density at radius 3 is 1.98 bits per heavy atom. The maximum absolute atomic E-state index is 12.4. The van der Waals surface area contributed by atoms with Crippen LogP contribution in [0.3, 0.4) is 0 Å². The molecule has 0 aliphatic heterocycles. The Morgan fingerprint density at radius 1 is 0.550 bits per heavy atom. The summed E-state index contributed by atoms with van der Waals surface area (Å²) in [5.41, 5.74) is 13.9. The second-order valence-electron chi connectivity index (χ2n) is 18.1. The number of fused-ring (bicyclic) bond motifs is 2. The standard InChI is InChI=1S/C56H51N3O/c1-36(37-18-10-8-11-19-37)41-30-42(32-43(31-41)49-33-40(28-29-57-49)38-20-12-9-13-21-38)46-25-17-27-51-52(46)58-54(59(51)50-26-16-23-39-22-14-15-24-45(39)50)47-34-44(55(2,3)4)35-48(53(47)60)56(5,6)7/h8-36,60H,1-7H3. The van der Waals surface area contributed by atoms with Gasteiger partial charge in [0.2, 0.25) is 0 Å². The first-order valence-electron chi connectivity index (χ1n) is 21.0. The van der Waals surface area contributed by atoms with E-state index in [-0.39, 0.29) is 22.5 Å². The molecule has 4 nitrogen and oxygen atoms in total. The van der Waals surface area contributed by atoms with Crippen LogP contribution in [-0.4, -0.2) is 19.6 Å². The molecular weight excluding hydrogens is 731 g/mol. The summed E-state index contributed by atoms with van der Waals surface area (Å²) in [6.45, 7) is 15.4. The van der Waals surface area contributed by atoms with Gasteiger partial charge in [-0.05, 0) is 92.1 Å². The summed E-state index contributed by atoms with van der Waals surface area (Å²) in [6.07, 6.45) is 1.91. The second-order valence-corrected chi connectivity index (χ2v) is 18.1. The van der Waals surface area contributed by atoms with Crippen LogP contribution in [-0.2, 0) is 10.8 Å². The average molecular weight is 782 g/mol. The smallest absolute Gasteiger partial charge is 0.149 e. The summed E-state index contributed by atoms with van der Waals surface area (Å²) in [4.78, 5) is 10.6. The first-order chi connectivity index (χ1) is 28.8. The molecule has 0 amide bonds. The number of aromatic hydroxyl groups is 1. The highest BCUT2D eigenvalue weighted by Gasteiger charge is 2.29. The largest absolute Gasteiger partial charge is 0.507 e. The number of hydrogen-bond acceptors (Lipinski definition) is 3. The van der Waals surface area contributed by atoms with Crippen molar-refractivity contribution in [3.8, 4) is 56.3 Å². The van der Waals surface area contributed by atoms with Crippen molar-refractivity contribution < 1.29 is 5.11 Å². The minimum Gasteiger partial charge on any atom is -0.507 e. The molecule has 0 saturated carbocycles. The molecule has 0 aliphatic rings. The van der Waals surface area contributed by atoms with Gasteiger partial charge < -0.3 is 5.11 Å². The molecule has 0 fully saturated rings. The summed E-state index contributed by atoms with van der Waals surface area (Å²) >= 11 is 0. The number of hydrogen-bond donors (Lipinski definition) is 1. The summed E-state index contributed by atoms with van der Waals surface area (Å²) in [6, 6.07) is 58.1. The molecule has 4 heteroatoms. The van der Waals surface area contributed by atoms with Crippen molar-refractivity contribution in [2.24, 2.45) is 0 Å². The van der Waals surface area contributed by atoms with Crippen molar-refractivity contribution in [2.45, 2.75) is 65.2 Å². The van der Waals surface area contributed by atoms with Gasteiger partial charge in [0.05, 0.1) is 28.0 Å². The minimum absolute atomic E-state index is 0.123. The van der Waals surface area contributed by atoms with Crippen LogP contribution >= 0.6 is 0 Å². The van der Waals surface area contributed by atoms with Gasteiger partial charge in [0.1, 0.15) is 11.6 Å². The third-order valence-electron chi connectivity index (χ3n) is 11.9. The zero-order valence-corrected chi connectivity index (χ0v) is 35.5. The Balaban J connectivity index is 1.34. The Labute approximate surface area is 353 Å². The van der Waals surface area contributed by atoms with E-state index in [1.54, 1.807) is 0 Å². The normalized spacial score (nSPS) is 12.6. The van der Waals surface area contributed by atoms with Crippen LogP contribution in [0, 0.1) is 0 Å². The Hall–Kier alpha value is -6.78. The van der Waals surface area contributed by atoms with E-state index >= 15 is 0 Å². The van der Waals surface area contributed by atoms with Crippen molar-refractivity contribution >= 4 is 21.8 Å². The number of imidazole rings is 1. The number of pyridine rings is 1. The lowest BCUT2D eigenvalue weighted by molar-refractivity contribution is 0.446. The molecule has 7 aromatic carbocycles. The van der Waals surface area contributed by atoms with E-state index in [2.05, 4.69) is 211 Å². The molecule has 0 radical (unpaired) electrons. The zero-order chi connectivity index (χ0) is 41.8. The van der Waals surface area contributed by atoms with Crippen LogP contribution in [0.5, 0.6) is 5.75 Å². The van der Waals surface area contributed by atoms with Crippen LogP contribution < -0.4 is 0 Å². The predicted molar refractivity (Wildman–Crippen MR) is 251 cm³/mol. The van der Waals surface area contributed by atoms with Gasteiger partial charge >= 0.3 is 0 Å². The molecule has 2 aromatic heterocycles. The highest BCUT2D eigenvalue weighted by molar-refractivity contribution is 6.00. The first-order valence-corrected chi connectivity index (χ1v) is 21.0. The van der Waals surface area contributed by atoms with E-state index in [4.69, 9.17) is 9.97 Å². The van der Waals surface area contributed by atoms with Crippen molar-refractivity contribution in [1.29, 1.82) is 0 Å². The van der Waals surface area contributed by atoms with Crippen LogP contribution in [0.15, 0.2) is 170 Å². The number of rotatable bonds is 7. The number of phenols is 1. The molecule has 1 unspecified atom stereocenters. The van der Waals surface area contributed by atoms with E-state index in [0.29, 0.717) is 5.82 Å². The van der Waals surface area contributed by atoms with E-state index < -0.39 is 0 Å². The van der Waals surface area contributed by atoms with Crippen molar-refractivity contribution in [3.05, 3.63) is 192 Å². The number of aromatic nitrogens is 3. The van der Waals surface area contributed by atoms with Crippen LogP contribution in [0.1, 0.15) is 76.6 Å². The van der Waals surface area contributed by atoms with E-state index in [9.17, 15) is 5.11 Å². The van der Waals surface area contributed by atoms with Gasteiger partial charge in [-0.2, -0.15) is 0 Å². The molecule has 9 rings (SSSR count). The Kier molecular flexibility index (Phi) is 9.75. The maximum atomic E-state index is 12.4. The molecule has 9 aromatic rings. The average Bonchev–Trinajstić information content (AvgIpc) is 3.65. The Bertz CT molecular complexity index is 3010. The third-order valence-corrected chi connectivity index (χ3v) is 11.9. The van der Waals surface area contributed by atoms with Crippen LogP contribution in [0.4, 0.5) is 0 Å². The molecule has 0 spiro atoms. The molecule has 1 N–H and O–H groups in total. The molecule has 0 bridgehead atoms. The van der Waals surface area contributed by atoms with Crippen molar-refractivity contribution in [3.63, 3.8) is 0 Å². The van der Waals surface area contributed by atoms with Gasteiger partial charge in [-0.3, -0.25) is 9.55 Å². The molecule has 2 heterocycles. The zero-order valence-electron chi connectivity index (χ0n) is 35.5. The fourth-order valence-corrected chi connectivity index (χ4v) is 8.51. The number of para-hydroxylation sites is 1. The first kappa shape index (κ1) is 38.7. The third kappa shape index (κ3) is 7.17. The molecule has 296 valence electrons. The van der Waals surface area contributed by atoms with Gasteiger partial charge in [0.15, 0.2) is 0 Å². The summed E-state index contributed by atoms with van der Waals surface area (Å²) in [5.74, 6) is 1.09. The summed E-state index contributed by atoms with van der Waals surface area (Å²) < 4.78 is 2.26. The highest BCUT2D eigenvalue weighted by Crippen LogP contribution is 2.45. The predicted octanol–water partition coefficient (Wildman–Crippen LogP) is 14.7. The van der Waals surface area contributed by atoms with Gasteiger partial charge in [0, 0.05) is 34.2 Å². The lowest BCUT2D eigenvalue weighted by atomic mass is 9.79. The monoisotopic (exact) mass is 781 g/mol. The van der Waals surface area contributed by atoms with Crippen molar-refractivity contribution in [2.75, 3.05) is 0 Å². The lowest BCUT2D eigenvalue weighted by Crippen LogP contribution is -2.17. The SMILES string of the molecule is CC(c1ccccc1)c1cc(-c2cc(-c3ccccc3)ccn2)cc(-c2cccc3c2nc(-c2cc(C(C)(C)C)cc(C(C)(C)C)c2O)n3-c2cccc3ccccc23)c1. The lowest BCUT2D eigenvalue weighted by Gasteiger charge is -2.27. The van der Waals surface area contributed by atoms with Crippen LogP contribution in [0.25, 0.3) is 72.4 Å². The fraction of sp³-hybridized carbons (Fsp3) is 0.179. The number of nitrogens with zero attached hydrogens (tertiary/aromatic N) is 3. The molecular formula is C56H51N3O. The molecule has 60 heavy (non-hydrogen) atoms. The molecule has 1 atom stereocenters. The fourth-order valence-electron chi connectivity index (χ4n) is 8.51. The maximum Gasteiger partial charge on any atom is 0.149 e. The molecule has 0 saturated heterocycles. The second kappa shape index (κ2) is 15.1. The van der Waals surface area contributed by atoms with Crippen LogP contribution in [0.2, 0.25) is 0 Å². The number of benzene rings is 7. The van der Waals surface area contributed by atoms with Crippen molar-refractivity contribution in [1.82, 2.24) is 14.5 Å². The summed E-state index contributed by atoms with van der Waals surface area (Å²) in [7, 11) is 0. The minimum atomic E-state index is -0.306.